The lowest BCUT2D eigenvalue weighted by atomic mass is 9.71. The Bertz CT molecular complexity index is 690. The van der Waals surface area contributed by atoms with E-state index in [9.17, 15) is 4.79 Å². The van der Waals surface area contributed by atoms with Gasteiger partial charge in [-0.05, 0) is 65.5 Å². The molecule has 0 aliphatic carbocycles. The summed E-state index contributed by atoms with van der Waals surface area (Å²) < 4.78 is 6.24. The van der Waals surface area contributed by atoms with Crippen molar-refractivity contribution >= 4 is 46.2 Å². The predicted octanol–water partition coefficient (Wildman–Crippen LogP) is 3.98. The van der Waals surface area contributed by atoms with Crippen molar-refractivity contribution in [2.45, 2.75) is 31.3 Å². The number of halogens is 2. The van der Waals surface area contributed by atoms with Gasteiger partial charge in [0.2, 0.25) is 0 Å². The molecule has 0 amide bonds. The number of hydrogen-bond acceptors (Lipinski definition) is 3. The van der Waals surface area contributed by atoms with E-state index >= 15 is 0 Å². The van der Waals surface area contributed by atoms with Crippen LogP contribution >= 0.6 is 34.2 Å². The average molecular weight is 444 g/mol. The van der Waals surface area contributed by atoms with Crippen molar-refractivity contribution in [2.75, 3.05) is 13.7 Å². The fourth-order valence-electron chi connectivity index (χ4n) is 4.70. The maximum atomic E-state index is 12.4. The summed E-state index contributed by atoms with van der Waals surface area (Å²) in [6.07, 6.45) is 5.61. The maximum Gasteiger partial charge on any atom is 0.310 e. The standard InChI is InChI=1S/C18H19ClINO2/c1-23-18(22)17-14-8-13-4-5-16(17)21(13)9-11(14)6-10-2-3-12(20)7-15(10)19/h2-3,6-7,13-14,16-17H,4-5,8-9H2,1H3/b11-6+/t13-,14+,16+,17-/m0/s1. The van der Waals surface area contributed by atoms with Crippen LogP contribution in [0.5, 0.6) is 0 Å². The van der Waals surface area contributed by atoms with Crippen molar-refractivity contribution in [3.8, 4) is 0 Å². The molecule has 5 atom stereocenters. The van der Waals surface area contributed by atoms with Gasteiger partial charge in [0, 0.05) is 27.2 Å². The predicted molar refractivity (Wildman–Crippen MR) is 99.3 cm³/mol. The van der Waals surface area contributed by atoms with Crippen LogP contribution in [0.2, 0.25) is 5.02 Å². The lowest BCUT2D eigenvalue weighted by molar-refractivity contribution is -0.153. The molecule has 3 nitrogen and oxygen atoms in total. The Balaban J connectivity index is 1.71. The molecule has 0 spiro atoms. The van der Waals surface area contributed by atoms with Crippen molar-refractivity contribution < 1.29 is 9.53 Å². The smallest absolute Gasteiger partial charge is 0.310 e. The highest BCUT2D eigenvalue weighted by molar-refractivity contribution is 14.1. The molecule has 0 N–H and O–H groups in total. The number of carbonyl (C=O) groups is 1. The highest BCUT2D eigenvalue weighted by Crippen LogP contribution is 2.51. The fourth-order valence-corrected chi connectivity index (χ4v) is 5.61. The van der Waals surface area contributed by atoms with Gasteiger partial charge in [-0.15, -0.1) is 0 Å². The van der Waals surface area contributed by atoms with E-state index in [4.69, 9.17) is 16.3 Å². The molecule has 1 aromatic rings. The molecule has 1 unspecified atom stereocenters. The Morgan fingerprint density at radius 1 is 1.43 bits per heavy atom. The second-order valence-electron chi connectivity index (χ2n) is 6.75. The van der Waals surface area contributed by atoms with Gasteiger partial charge in [-0.2, -0.15) is 0 Å². The molecule has 5 rings (SSSR count). The summed E-state index contributed by atoms with van der Waals surface area (Å²) in [5, 5.41) is 0.776. The van der Waals surface area contributed by atoms with Gasteiger partial charge in [0.05, 0.1) is 13.0 Å². The van der Waals surface area contributed by atoms with E-state index in [1.807, 2.05) is 6.07 Å². The first-order valence-electron chi connectivity index (χ1n) is 8.07. The van der Waals surface area contributed by atoms with Crippen LogP contribution in [0.25, 0.3) is 6.08 Å². The van der Waals surface area contributed by atoms with Crippen molar-refractivity contribution in [1.82, 2.24) is 4.90 Å². The van der Waals surface area contributed by atoms with Gasteiger partial charge in [0.15, 0.2) is 0 Å². The van der Waals surface area contributed by atoms with E-state index in [-0.39, 0.29) is 11.9 Å². The third-order valence-corrected chi connectivity index (χ3v) is 6.68. The van der Waals surface area contributed by atoms with Crippen LogP contribution < -0.4 is 0 Å². The molecule has 4 bridgehead atoms. The zero-order valence-electron chi connectivity index (χ0n) is 13.0. The Morgan fingerprint density at radius 2 is 2.26 bits per heavy atom. The number of fused-ring (bicyclic) bond motifs is 1. The summed E-state index contributed by atoms with van der Waals surface area (Å²) in [7, 11) is 1.51. The zero-order chi connectivity index (χ0) is 16.1. The van der Waals surface area contributed by atoms with E-state index in [0.29, 0.717) is 18.0 Å². The lowest BCUT2D eigenvalue weighted by Gasteiger charge is -2.50. The largest absolute Gasteiger partial charge is 0.469 e. The second-order valence-corrected chi connectivity index (χ2v) is 8.40. The first kappa shape index (κ1) is 15.9. The molecule has 5 heteroatoms. The van der Waals surface area contributed by atoms with Crippen molar-refractivity contribution in [2.24, 2.45) is 11.8 Å². The summed E-state index contributed by atoms with van der Waals surface area (Å²) in [5.41, 5.74) is 2.38. The number of carbonyl (C=O) groups excluding carboxylic acids is 1. The van der Waals surface area contributed by atoms with E-state index in [2.05, 4.69) is 45.7 Å². The molecule has 122 valence electrons. The van der Waals surface area contributed by atoms with Gasteiger partial charge in [-0.25, -0.2) is 0 Å². The van der Waals surface area contributed by atoms with Crippen LogP contribution in [-0.4, -0.2) is 36.6 Å². The molecule has 4 aliphatic rings. The summed E-state index contributed by atoms with van der Waals surface area (Å²) >= 11 is 8.66. The van der Waals surface area contributed by atoms with Crippen LogP contribution in [0.15, 0.2) is 23.8 Å². The van der Waals surface area contributed by atoms with E-state index in [1.165, 1.54) is 19.1 Å². The van der Waals surface area contributed by atoms with Gasteiger partial charge in [-0.1, -0.05) is 29.3 Å². The number of benzene rings is 1. The first-order chi connectivity index (χ1) is 11.1. The normalized spacial score (nSPS) is 36.5. The second kappa shape index (κ2) is 6.05. The van der Waals surface area contributed by atoms with Gasteiger partial charge in [-0.3, -0.25) is 9.69 Å². The van der Waals surface area contributed by atoms with Gasteiger partial charge < -0.3 is 4.74 Å². The van der Waals surface area contributed by atoms with E-state index in [1.54, 1.807) is 0 Å². The molecule has 0 aromatic heterocycles. The van der Waals surface area contributed by atoms with E-state index in [0.717, 1.165) is 33.5 Å². The third-order valence-electron chi connectivity index (χ3n) is 5.68. The molecule has 1 aromatic carbocycles. The van der Waals surface area contributed by atoms with Crippen LogP contribution in [0.4, 0.5) is 0 Å². The molecule has 0 radical (unpaired) electrons. The fraction of sp³-hybridized carbons (Fsp3) is 0.500. The number of hydrogen-bond donors (Lipinski definition) is 0. The first-order valence-corrected chi connectivity index (χ1v) is 9.53. The highest BCUT2D eigenvalue weighted by Gasteiger charge is 2.55. The van der Waals surface area contributed by atoms with Gasteiger partial charge >= 0.3 is 5.97 Å². The minimum absolute atomic E-state index is 0.0126. The Hall–Kier alpha value is -0.590. The monoisotopic (exact) mass is 443 g/mol. The molecule has 4 saturated heterocycles. The molecule has 4 aliphatic heterocycles. The number of ether oxygens (including phenoxy) is 1. The van der Waals surface area contributed by atoms with Crippen LogP contribution in [0, 0.1) is 15.4 Å². The number of piperidine rings is 3. The number of methoxy groups -OCH3 is 1. The van der Waals surface area contributed by atoms with Crippen molar-refractivity contribution in [3.05, 3.63) is 37.9 Å². The highest BCUT2D eigenvalue weighted by atomic mass is 127. The number of nitrogens with zero attached hydrogens (tertiary/aromatic N) is 1. The van der Waals surface area contributed by atoms with Crippen LogP contribution in [0.3, 0.4) is 0 Å². The maximum absolute atomic E-state index is 12.4. The Kier molecular flexibility index (Phi) is 4.18. The number of rotatable bonds is 2. The third kappa shape index (κ3) is 2.63. The van der Waals surface area contributed by atoms with Gasteiger partial charge in [0.1, 0.15) is 0 Å². The minimum Gasteiger partial charge on any atom is -0.469 e. The topological polar surface area (TPSA) is 29.5 Å². The minimum atomic E-state index is -0.0512. The zero-order valence-corrected chi connectivity index (χ0v) is 15.9. The lowest BCUT2D eigenvalue weighted by Crippen LogP contribution is -2.58. The van der Waals surface area contributed by atoms with Crippen LogP contribution in [0.1, 0.15) is 24.8 Å². The Labute approximate surface area is 155 Å². The molecule has 23 heavy (non-hydrogen) atoms. The molecule has 0 saturated carbocycles. The summed E-state index contributed by atoms with van der Waals surface area (Å²) in [6, 6.07) is 7.14. The SMILES string of the molecule is COC(=O)[C@H]1[C@@H]2C[C@@H]3CC[C@H]1N3C/C2=C\c1ccc(I)cc1Cl. The van der Waals surface area contributed by atoms with Crippen LogP contribution in [-0.2, 0) is 9.53 Å². The summed E-state index contributed by atoms with van der Waals surface area (Å²) in [4.78, 5) is 14.9. The molecular formula is C18H19ClINO2. The summed E-state index contributed by atoms with van der Waals surface area (Å²) in [5.74, 6) is 0.242. The van der Waals surface area contributed by atoms with E-state index < -0.39 is 0 Å². The quantitative estimate of drug-likeness (QED) is 0.511. The molecule has 4 fully saturated rings. The Morgan fingerprint density at radius 3 is 3.00 bits per heavy atom. The van der Waals surface area contributed by atoms with Gasteiger partial charge in [0.25, 0.3) is 0 Å². The average Bonchev–Trinajstić information content (AvgIpc) is 2.84. The van der Waals surface area contributed by atoms with Crippen molar-refractivity contribution in [3.63, 3.8) is 0 Å². The summed E-state index contributed by atoms with van der Waals surface area (Å²) in [6.45, 7) is 0.968. The number of esters is 1. The molecule has 4 heterocycles. The molecular weight excluding hydrogens is 425 g/mol. The van der Waals surface area contributed by atoms with Crippen molar-refractivity contribution in [1.29, 1.82) is 0 Å².